The standard InChI is InChI=1S/C14H23NO2S/c1-4-18(16,17)11-5-10-15-14-8-6-13(7-9-14)12(2)3/h6-9,12,15H,4-5,10-11H2,1-3H3. The molecule has 0 saturated heterocycles. The van der Waals surface area contributed by atoms with Crippen LogP contribution in [0.15, 0.2) is 24.3 Å². The summed E-state index contributed by atoms with van der Waals surface area (Å²) in [6.45, 7) is 6.71. The van der Waals surface area contributed by atoms with Gasteiger partial charge >= 0.3 is 0 Å². The Morgan fingerprint density at radius 2 is 1.78 bits per heavy atom. The molecule has 1 aromatic rings. The summed E-state index contributed by atoms with van der Waals surface area (Å²) in [7, 11) is -2.83. The number of benzene rings is 1. The van der Waals surface area contributed by atoms with Crippen molar-refractivity contribution in [2.45, 2.75) is 33.1 Å². The third-order valence-electron chi connectivity index (χ3n) is 2.98. The van der Waals surface area contributed by atoms with Crippen LogP contribution in [0.3, 0.4) is 0 Å². The maximum absolute atomic E-state index is 11.3. The third-order valence-corrected chi connectivity index (χ3v) is 4.77. The molecule has 0 amide bonds. The first-order valence-electron chi connectivity index (χ1n) is 6.49. The molecule has 1 aromatic carbocycles. The predicted molar refractivity (Wildman–Crippen MR) is 78.0 cm³/mol. The van der Waals surface area contributed by atoms with Crippen LogP contribution in [-0.2, 0) is 9.84 Å². The van der Waals surface area contributed by atoms with Crippen molar-refractivity contribution in [1.29, 1.82) is 0 Å². The molecule has 0 heterocycles. The molecule has 18 heavy (non-hydrogen) atoms. The topological polar surface area (TPSA) is 46.2 Å². The maximum atomic E-state index is 11.3. The van der Waals surface area contributed by atoms with E-state index in [4.69, 9.17) is 0 Å². The van der Waals surface area contributed by atoms with E-state index in [1.165, 1.54) is 5.56 Å². The van der Waals surface area contributed by atoms with Gasteiger partial charge in [-0.25, -0.2) is 8.42 Å². The van der Waals surface area contributed by atoms with Gasteiger partial charge in [0.1, 0.15) is 9.84 Å². The van der Waals surface area contributed by atoms with Crippen LogP contribution in [0, 0.1) is 0 Å². The minimum Gasteiger partial charge on any atom is -0.385 e. The van der Waals surface area contributed by atoms with Gasteiger partial charge in [-0.1, -0.05) is 32.9 Å². The second kappa shape index (κ2) is 6.78. The number of anilines is 1. The Morgan fingerprint density at radius 3 is 2.28 bits per heavy atom. The summed E-state index contributed by atoms with van der Waals surface area (Å²) in [6.07, 6.45) is 0.655. The average molecular weight is 269 g/mol. The Kier molecular flexibility index (Phi) is 5.66. The van der Waals surface area contributed by atoms with Crippen LogP contribution in [0.4, 0.5) is 5.69 Å². The Balaban J connectivity index is 2.36. The van der Waals surface area contributed by atoms with Crippen LogP contribution in [0.2, 0.25) is 0 Å². The molecule has 1 rings (SSSR count). The molecule has 102 valence electrons. The molecule has 0 aromatic heterocycles. The molecule has 1 N–H and O–H groups in total. The van der Waals surface area contributed by atoms with Crippen LogP contribution in [0.25, 0.3) is 0 Å². The molecule has 0 bridgehead atoms. The fourth-order valence-corrected chi connectivity index (χ4v) is 2.53. The van der Waals surface area contributed by atoms with E-state index in [2.05, 4.69) is 31.3 Å². The Hall–Kier alpha value is -1.03. The summed E-state index contributed by atoms with van der Waals surface area (Å²) in [4.78, 5) is 0. The third kappa shape index (κ3) is 5.08. The van der Waals surface area contributed by atoms with Crippen LogP contribution in [-0.4, -0.2) is 26.5 Å². The summed E-state index contributed by atoms with van der Waals surface area (Å²) < 4.78 is 22.6. The van der Waals surface area contributed by atoms with Crippen molar-refractivity contribution in [3.05, 3.63) is 29.8 Å². The summed E-state index contributed by atoms with van der Waals surface area (Å²) >= 11 is 0. The normalized spacial score (nSPS) is 11.8. The largest absolute Gasteiger partial charge is 0.385 e. The molecule has 0 aliphatic carbocycles. The Bertz CT molecular complexity index is 449. The molecule has 4 heteroatoms. The van der Waals surface area contributed by atoms with Gasteiger partial charge in [-0.2, -0.15) is 0 Å². The van der Waals surface area contributed by atoms with Crippen LogP contribution in [0.5, 0.6) is 0 Å². The highest BCUT2D eigenvalue weighted by molar-refractivity contribution is 7.91. The summed E-state index contributed by atoms with van der Waals surface area (Å²) in [6, 6.07) is 8.30. The predicted octanol–water partition coefficient (Wildman–Crippen LogP) is 3.05. The highest BCUT2D eigenvalue weighted by atomic mass is 32.2. The number of hydrogen-bond donors (Lipinski definition) is 1. The Morgan fingerprint density at radius 1 is 1.17 bits per heavy atom. The molecule has 3 nitrogen and oxygen atoms in total. The number of nitrogens with one attached hydrogen (secondary N) is 1. The van der Waals surface area contributed by atoms with Gasteiger partial charge in [0, 0.05) is 18.0 Å². The first-order valence-corrected chi connectivity index (χ1v) is 8.31. The Labute approximate surface area is 111 Å². The number of hydrogen-bond acceptors (Lipinski definition) is 3. The van der Waals surface area contributed by atoms with E-state index in [1.807, 2.05) is 12.1 Å². The summed E-state index contributed by atoms with van der Waals surface area (Å²) in [5.41, 5.74) is 2.36. The van der Waals surface area contributed by atoms with Crippen LogP contribution >= 0.6 is 0 Å². The molecule has 0 unspecified atom stereocenters. The lowest BCUT2D eigenvalue weighted by molar-refractivity contribution is 0.595. The summed E-state index contributed by atoms with van der Waals surface area (Å²) in [5, 5.41) is 3.24. The molecular formula is C14H23NO2S. The molecule has 0 saturated carbocycles. The fraction of sp³-hybridized carbons (Fsp3) is 0.571. The highest BCUT2D eigenvalue weighted by Crippen LogP contribution is 2.16. The zero-order valence-electron chi connectivity index (χ0n) is 11.4. The van der Waals surface area contributed by atoms with E-state index in [9.17, 15) is 8.42 Å². The van der Waals surface area contributed by atoms with E-state index in [-0.39, 0.29) is 11.5 Å². The molecular weight excluding hydrogens is 246 g/mol. The zero-order chi connectivity index (χ0) is 13.6. The van der Waals surface area contributed by atoms with Gasteiger partial charge in [0.05, 0.1) is 5.75 Å². The SMILES string of the molecule is CCS(=O)(=O)CCCNc1ccc(C(C)C)cc1. The van der Waals surface area contributed by atoms with Gasteiger partial charge in [-0.3, -0.25) is 0 Å². The van der Waals surface area contributed by atoms with Crippen LogP contribution < -0.4 is 5.32 Å². The van der Waals surface area contributed by atoms with E-state index in [0.717, 1.165) is 5.69 Å². The molecule has 0 aliphatic heterocycles. The molecule has 0 spiro atoms. The molecule has 0 aliphatic rings. The van der Waals surface area contributed by atoms with E-state index < -0.39 is 9.84 Å². The monoisotopic (exact) mass is 269 g/mol. The second-order valence-electron chi connectivity index (χ2n) is 4.79. The quantitative estimate of drug-likeness (QED) is 0.774. The molecule has 0 atom stereocenters. The fourth-order valence-electron chi connectivity index (χ4n) is 1.66. The van der Waals surface area contributed by atoms with Crippen molar-refractivity contribution in [2.75, 3.05) is 23.4 Å². The van der Waals surface area contributed by atoms with Crippen molar-refractivity contribution < 1.29 is 8.42 Å². The highest BCUT2D eigenvalue weighted by Gasteiger charge is 2.06. The lowest BCUT2D eigenvalue weighted by Gasteiger charge is -2.09. The van der Waals surface area contributed by atoms with Crippen molar-refractivity contribution in [3.63, 3.8) is 0 Å². The van der Waals surface area contributed by atoms with E-state index in [1.54, 1.807) is 6.92 Å². The second-order valence-corrected chi connectivity index (χ2v) is 7.27. The van der Waals surface area contributed by atoms with Gasteiger partial charge in [0.2, 0.25) is 0 Å². The van der Waals surface area contributed by atoms with Crippen LogP contribution in [0.1, 0.15) is 38.7 Å². The minimum absolute atomic E-state index is 0.232. The van der Waals surface area contributed by atoms with E-state index >= 15 is 0 Å². The maximum Gasteiger partial charge on any atom is 0.150 e. The van der Waals surface area contributed by atoms with Crippen molar-refractivity contribution in [2.24, 2.45) is 0 Å². The smallest absolute Gasteiger partial charge is 0.150 e. The average Bonchev–Trinajstić information content (AvgIpc) is 2.35. The van der Waals surface area contributed by atoms with E-state index in [0.29, 0.717) is 18.9 Å². The van der Waals surface area contributed by atoms with Gasteiger partial charge in [0.25, 0.3) is 0 Å². The lowest BCUT2D eigenvalue weighted by Crippen LogP contribution is -2.12. The molecule has 0 fully saturated rings. The first-order chi connectivity index (χ1) is 8.44. The number of rotatable bonds is 7. The van der Waals surface area contributed by atoms with Crippen molar-refractivity contribution >= 4 is 15.5 Å². The van der Waals surface area contributed by atoms with Gasteiger partial charge in [-0.05, 0) is 30.0 Å². The van der Waals surface area contributed by atoms with Gasteiger partial charge < -0.3 is 5.32 Å². The zero-order valence-corrected chi connectivity index (χ0v) is 12.3. The first kappa shape index (κ1) is 15.0. The van der Waals surface area contributed by atoms with Gasteiger partial charge in [-0.15, -0.1) is 0 Å². The van der Waals surface area contributed by atoms with Gasteiger partial charge in [0.15, 0.2) is 0 Å². The number of sulfone groups is 1. The lowest BCUT2D eigenvalue weighted by atomic mass is 10.0. The van der Waals surface area contributed by atoms with Crippen molar-refractivity contribution in [3.8, 4) is 0 Å². The minimum atomic E-state index is -2.83. The molecule has 0 radical (unpaired) electrons. The van der Waals surface area contributed by atoms with Crippen molar-refractivity contribution in [1.82, 2.24) is 0 Å². The summed E-state index contributed by atoms with van der Waals surface area (Å²) in [5.74, 6) is 1.03.